The van der Waals surface area contributed by atoms with Crippen molar-refractivity contribution >= 4 is 77.6 Å². The molecule has 0 aliphatic heterocycles. The van der Waals surface area contributed by atoms with E-state index in [9.17, 15) is 0 Å². The molecule has 0 bridgehead atoms. The fourth-order valence-corrected chi connectivity index (χ4v) is 10.6. The van der Waals surface area contributed by atoms with Crippen molar-refractivity contribution in [2.75, 3.05) is 9.80 Å². The molecule has 0 saturated heterocycles. The first-order valence-corrected chi connectivity index (χ1v) is 25.5. The number of fused-ring (bicyclic) bond motifs is 5. The molecule has 73 heavy (non-hydrogen) atoms. The minimum absolute atomic E-state index is 0.0367. The Morgan fingerprint density at radius 3 is 1.08 bits per heavy atom. The molecule has 0 atom stereocenters. The van der Waals surface area contributed by atoms with Crippen LogP contribution in [0.15, 0.2) is 247 Å². The van der Waals surface area contributed by atoms with Gasteiger partial charge in [0.15, 0.2) is 0 Å². The molecule has 1 heterocycles. The smallest absolute Gasteiger partial charge is 0.136 e. The molecule has 0 saturated carbocycles. The van der Waals surface area contributed by atoms with E-state index in [1.165, 1.54) is 33.4 Å². The highest BCUT2D eigenvalue weighted by atomic mass is 16.3. The van der Waals surface area contributed by atoms with Crippen LogP contribution in [0.4, 0.5) is 34.1 Å². The molecule has 0 spiro atoms. The lowest BCUT2D eigenvalue weighted by atomic mass is 9.86. The van der Waals surface area contributed by atoms with Gasteiger partial charge in [-0.25, -0.2) is 0 Å². The van der Waals surface area contributed by atoms with E-state index >= 15 is 0 Å². The molecule has 0 fully saturated rings. The summed E-state index contributed by atoms with van der Waals surface area (Å²) in [4.78, 5) is 4.83. The standard InChI is InChI=1S/C70H58N2O/c1-69(2,3)54-33-29-49(30-34-54)61-25-13-16-26-64(61)71(56-39-35-55(36-40-56)70(4,5)6)57-37-31-50-43-62-63-44-51-32-38-58(42-53(51)46-68(63)73-67(62)45-52(50)41-57)72(65-27-17-14-23-59(65)47-19-9-7-10-20-47)66-28-18-15-24-60(66)48-21-11-8-12-22-48/h7-46H,1-6H3. The van der Waals surface area contributed by atoms with E-state index in [0.717, 1.165) is 88.7 Å². The molecule has 12 rings (SSSR count). The van der Waals surface area contributed by atoms with Gasteiger partial charge in [-0.3, -0.25) is 0 Å². The van der Waals surface area contributed by atoms with Crippen LogP contribution in [0.1, 0.15) is 52.7 Å². The summed E-state index contributed by atoms with van der Waals surface area (Å²) in [5.41, 5.74) is 18.0. The number of hydrogen-bond acceptors (Lipinski definition) is 3. The van der Waals surface area contributed by atoms with Crippen molar-refractivity contribution < 1.29 is 4.42 Å². The average molecular weight is 943 g/mol. The Hall–Kier alpha value is -8.66. The largest absolute Gasteiger partial charge is 0.456 e. The Bertz CT molecular complexity index is 3880. The Balaban J connectivity index is 0.978. The highest BCUT2D eigenvalue weighted by molar-refractivity contribution is 6.14. The van der Waals surface area contributed by atoms with Gasteiger partial charge in [-0.1, -0.05) is 205 Å². The molecule has 0 aliphatic carbocycles. The summed E-state index contributed by atoms with van der Waals surface area (Å²) >= 11 is 0. The summed E-state index contributed by atoms with van der Waals surface area (Å²) in [5.74, 6) is 0. The zero-order valence-electron chi connectivity index (χ0n) is 42.4. The second-order valence-electron chi connectivity index (χ2n) is 21.4. The van der Waals surface area contributed by atoms with Crippen molar-refractivity contribution in [3.05, 3.63) is 254 Å². The van der Waals surface area contributed by atoms with Crippen LogP contribution in [-0.4, -0.2) is 0 Å². The van der Waals surface area contributed by atoms with Gasteiger partial charge in [0.1, 0.15) is 11.2 Å². The number of benzene rings is 11. The average Bonchev–Trinajstić information content (AvgIpc) is 3.76. The van der Waals surface area contributed by atoms with E-state index in [0.29, 0.717) is 0 Å². The summed E-state index contributed by atoms with van der Waals surface area (Å²) in [7, 11) is 0. The molecular weight excluding hydrogens is 885 g/mol. The molecule has 1 aromatic heterocycles. The van der Waals surface area contributed by atoms with Gasteiger partial charge in [0.2, 0.25) is 0 Å². The van der Waals surface area contributed by atoms with E-state index in [-0.39, 0.29) is 10.8 Å². The van der Waals surface area contributed by atoms with Crippen LogP contribution in [0.2, 0.25) is 0 Å². The Morgan fingerprint density at radius 1 is 0.288 bits per heavy atom. The van der Waals surface area contributed by atoms with E-state index in [1.807, 2.05) is 0 Å². The van der Waals surface area contributed by atoms with E-state index < -0.39 is 0 Å². The SMILES string of the molecule is CC(C)(C)c1ccc(-c2ccccc2N(c2ccc(C(C)(C)C)cc2)c2ccc3cc4c(cc3c2)oc2cc3cc(N(c5ccccc5-c5ccccc5)c5ccccc5-c5ccccc5)ccc3cc24)cc1. The van der Waals surface area contributed by atoms with Crippen molar-refractivity contribution in [1.29, 1.82) is 0 Å². The van der Waals surface area contributed by atoms with Crippen LogP contribution < -0.4 is 9.80 Å². The number of hydrogen-bond donors (Lipinski definition) is 0. The van der Waals surface area contributed by atoms with Crippen LogP contribution >= 0.6 is 0 Å². The molecular formula is C70H58N2O. The van der Waals surface area contributed by atoms with Gasteiger partial charge in [0, 0.05) is 44.5 Å². The topological polar surface area (TPSA) is 19.6 Å². The van der Waals surface area contributed by atoms with Crippen LogP contribution in [0.3, 0.4) is 0 Å². The van der Waals surface area contributed by atoms with Gasteiger partial charge >= 0.3 is 0 Å². The minimum atomic E-state index is 0.0367. The Kier molecular flexibility index (Phi) is 11.3. The lowest BCUT2D eigenvalue weighted by Crippen LogP contribution is -2.14. The quantitative estimate of drug-likeness (QED) is 0.144. The van der Waals surface area contributed by atoms with Crippen LogP contribution in [0.25, 0.3) is 76.9 Å². The molecule has 0 radical (unpaired) electrons. The molecule has 0 amide bonds. The van der Waals surface area contributed by atoms with Crippen molar-refractivity contribution in [2.24, 2.45) is 0 Å². The summed E-state index contributed by atoms with van der Waals surface area (Å²) in [6.07, 6.45) is 0. The summed E-state index contributed by atoms with van der Waals surface area (Å²) < 4.78 is 6.89. The van der Waals surface area contributed by atoms with Crippen molar-refractivity contribution in [3.63, 3.8) is 0 Å². The predicted molar refractivity (Wildman–Crippen MR) is 312 cm³/mol. The number of furan rings is 1. The third kappa shape index (κ3) is 8.61. The number of rotatable bonds is 9. The zero-order chi connectivity index (χ0) is 49.8. The van der Waals surface area contributed by atoms with Crippen molar-refractivity contribution in [2.45, 2.75) is 52.4 Å². The van der Waals surface area contributed by atoms with Gasteiger partial charge in [-0.15, -0.1) is 0 Å². The summed E-state index contributed by atoms with van der Waals surface area (Å²) in [6.45, 7) is 13.6. The molecule has 0 N–H and O–H groups in total. The fraction of sp³-hybridized carbons (Fsp3) is 0.114. The van der Waals surface area contributed by atoms with Crippen molar-refractivity contribution in [3.8, 4) is 33.4 Å². The second-order valence-corrected chi connectivity index (χ2v) is 21.4. The maximum Gasteiger partial charge on any atom is 0.136 e. The molecule has 0 unspecified atom stereocenters. The van der Waals surface area contributed by atoms with Crippen molar-refractivity contribution in [1.82, 2.24) is 0 Å². The fourth-order valence-electron chi connectivity index (χ4n) is 10.6. The van der Waals surface area contributed by atoms with E-state index in [1.54, 1.807) is 0 Å². The maximum atomic E-state index is 6.89. The van der Waals surface area contributed by atoms with Crippen LogP contribution in [0.5, 0.6) is 0 Å². The third-order valence-corrected chi connectivity index (χ3v) is 14.5. The number of nitrogens with zero attached hydrogens (tertiary/aromatic N) is 2. The minimum Gasteiger partial charge on any atom is -0.456 e. The van der Waals surface area contributed by atoms with E-state index in [4.69, 9.17) is 4.42 Å². The van der Waals surface area contributed by atoms with Gasteiger partial charge < -0.3 is 14.2 Å². The summed E-state index contributed by atoms with van der Waals surface area (Å²) in [6, 6.07) is 88.5. The first-order chi connectivity index (χ1) is 35.4. The predicted octanol–water partition coefficient (Wildman–Crippen LogP) is 20.4. The first-order valence-electron chi connectivity index (χ1n) is 25.5. The molecule has 354 valence electrons. The Morgan fingerprint density at radius 2 is 0.644 bits per heavy atom. The van der Waals surface area contributed by atoms with Crippen LogP contribution in [-0.2, 0) is 10.8 Å². The Labute approximate surface area is 429 Å². The zero-order valence-corrected chi connectivity index (χ0v) is 42.4. The monoisotopic (exact) mass is 942 g/mol. The molecule has 0 aliphatic rings. The lowest BCUT2D eigenvalue weighted by Gasteiger charge is -2.30. The normalized spacial score (nSPS) is 12.0. The third-order valence-electron chi connectivity index (χ3n) is 14.5. The first kappa shape index (κ1) is 45.5. The van der Waals surface area contributed by atoms with Gasteiger partial charge in [-0.2, -0.15) is 0 Å². The molecule has 3 heteroatoms. The summed E-state index contributed by atoms with van der Waals surface area (Å²) in [5, 5.41) is 6.75. The highest BCUT2D eigenvalue weighted by Gasteiger charge is 2.23. The maximum absolute atomic E-state index is 6.89. The van der Waals surface area contributed by atoms with Gasteiger partial charge in [-0.05, 0) is 139 Å². The van der Waals surface area contributed by atoms with Gasteiger partial charge in [0.25, 0.3) is 0 Å². The number of anilines is 6. The molecule has 11 aromatic carbocycles. The van der Waals surface area contributed by atoms with Gasteiger partial charge in [0.05, 0.1) is 17.1 Å². The number of para-hydroxylation sites is 3. The lowest BCUT2D eigenvalue weighted by molar-refractivity contribution is 0.590. The van der Waals surface area contributed by atoms with E-state index in [2.05, 4.69) is 294 Å². The van der Waals surface area contributed by atoms with Crippen LogP contribution in [0, 0.1) is 0 Å². The second kappa shape index (κ2) is 18.2. The molecule has 12 aromatic rings. The molecule has 3 nitrogen and oxygen atoms in total. The highest BCUT2D eigenvalue weighted by Crippen LogP contribution is 2.47.